The molecule has 0 atom stereocenters. The topological polar surface area (TPSA) is 77.4 Å². The molecule has 30 heavy (non-hydrogen) atoms. The van der Waals surface area contributed by atoms with E-state index in [2.05, 4.69) is 46.1 Å². The first-order valence-corrected chi connectivity index (χ1v) is 11.2. The summed E-state index contributed by atoms with van der Waals surface area (Å²) < 4.78 is 0. The Morgan fingerprint density at radius 2 is 2.23 bits per heavy atom. The number of nitrogens with zero attached hydrogens (tertiary/aromatic N) is 3. The van der Waals surface area contributed by atoms with Crippen molar-refractivity contribution in [2.24, 2.45) is 5.41 Å². The fourth-order valence-corrected chi connectivity index (χ4v) is 4.17. The molecule has 152 valence electrons. The van der Waals surface area contributed by atoms with Crippen LogP contribution in [0.3, 0.4) is 0 Å². The van der Waals surface area contributed by atoms with E-state index in [9.17, 15) is 5.26 Å². The van der Waals surface area contributed by atoms with Crippen LogP contribution < -0.4 is 5.32 Å². The van der Waals surface area contributed by atoms with Gasteiger partial charge in [0.25, 0.3) is 0 Å². The van der Waals surface area contributed by atoms with Crippen molar-refractivity contribution < 1.29 is 0 Å². The number of hydrogen-bond acceptors (Lipinski definition) is 5. The van der Waals surface area contributed by atoms with Crippen LogP contribution in [0.2, 0.25) is 0 Å². The maximum Gasteiger partial charge on any atom is 0.137 e. The van der Waals surface area contributed by atoms with Crippen LogP contribution in [0.15, 0.2) is 49.2 Å². The van der Waals surface area contributed by atoms with Crippen molar-refractivity contribution in [3.05, 3.63) is 60.6 Å². The molecule has 0 aromatic carbocycles. The van der Waals surface area contributed by atoms with Crippen molar-refractivity contribution >= 4 is 34.1 Å². The number of pyridine rings is 2. The molecule has 0 amide bonds. The van der Waals surface area contributed by atoms with Gasteiger partial charge in [-0.1, -0.05) is 18.7 Å². The van der Waals surface area contributed by atoms with Crippen LogP contribution in [0.1, 0.15) is 31.7 Å². The van der Waals surface area contributed by atoms with Crippen molar-refractivity contribution in [2.45, 2.75) is 20.3 Å². The molecule has 0 saturated carbocycles. The van der Waals surface area contributed by atoms with Crippen molar-refractivity contribution in [1.29, 1.82) is 5.26 Å². The zero-order chi connectivity index (χ0) is 21.1. The van der Waals surface area contributed by atoms with Crippen molar-refractivity contribution in [1.82, 2.24) is 20.3 Å². The van der Waals surface area contributed by atoms with Gasteiger partial charge in [-0.05, 0) is 55.9 Å². The van der Waals surface area contributed by atoms with Gasteiger partial charge in [0.05, 0.1) is 28.6 Å². The van der Waals surface area contributed by atoms with Crippen LogP contribution in [0.5, 0.6) is 0 Å². The SMILES string of the molecule is C=C(NCC(C)(C)C#N)c1cccc(-c2cnc3[nH]c(C4=CCSCC4)cc3c2)n1. The van der Waals surface area contributed by atoms with Gasteiger partial charge in [0.1, 0.15) is 5.65 Å². The average molecular weight is 416 g/mol. The predicted octanol–water partition coefficient (Wildman–Crippen LogP) is 5.26. The lowest BCUT2D eigenvalue weighted by atomic mass is 9.96. The summed E-state index contributed by atoms with van der Waals surface area (Å²) in [4.78, 5) is 12.8. The van der Waals surface area contributed by atoms with Crippen molar-refractivity contribution in [3.63, 3.8) is 0 Å². The molecular weight excluding hydrogens is 390 g/mol. The summed E-state index contributed by atoms with van der Waals surface area (Å²) in [6, 6.07) is 12.5. The van der Waals surface area contributed by atoms with Gasteiger partial charge in [0.2, 0.25) is 0 Å². The van der Waals surface area contributed by atoms with Gasteiger partial charge in [-0.25, -0.2) is 9.97 Å². The molecular formula is C24H25N5S. The van der Waals surface area contributed by atoms with E-state index in [1.54, 1.807) is 0 Å². The number of nitrogens with one attached hydrogen (secondary N) is 2. The average Bonchev–Trinajstić information content (AvgIpc) is 3.22. The van der Waals surface area contributed by atoms with E-state index < -0.39 is 5.41 Å². The Hall–Kier alpha value is -3.04. The molecule has 1 aliphatic rings. The minimum absolute atomic E-state index is 0.464. The molecule has 0 fully saturated rings. The molecule has 0 unspecified atom stereocenters. The number of H-pyrrole nitrogens is 1. The third kappa shape index (κ3) is 4.42. The summed E-state index contributed by atoms with van der Waals surface area (Å²) in [6.07, 6.45) is 5.25. The number of rotatable bonds is 6. The lowest BCUT2D eigenvalue weighted by molar-refractivity contribution is 0.482. The van der Waals surface area contributed by atoms with Gasteiger partial charge in [-0.3, -0.25) is 0 Å². The molecule has 4 rings (SSSR count). The smallest absolute Gasteiger partial charge is 0.137 e. The minimum Gasteiger partial charge on any atom is -0.382 e. The zero-order valence-electron chi connectivity index (χ0n) is 17.3. The summed E-state index contributed by atoms with van der Waals surface area (Å²) in [5.41, 5.74) is 6.25. The lowest BCUT2D eigenvalue weighted by Gasteiger charge is -2.18. The molecule has 1 aliphatic heterocycles. The zero-order valence-corrected chi connectivity index (χ0v) is 18.1. The van der Waals surface area contributed by atoms with Gasteiger partial charge in [-0.2, -0.15) is 17.0 Å². The number of nitriles is 1. The van der Waals surface area contributed by atoms with E-state index in [0.717, 1.165) is 45.9 Å². The number of fused-ring (bicyclic) bond motifs is 1. The highest BCUT2D eigenvalue weighted by molar-refractivity contribution is 7.99. The molecule has 0 aliphatic carbocycles. The van der Waals surface area contributed by atoms with E-state index in [0.29, 0.717) is 12.2 Å². The van der Waals surface area contributed by atoms with Crippen molar-refractivity contribution in [2.75, 3.05) is 18.1 Å². The van der Waals surface area contributed by atoms with Crippen LogP contribution in [-0.4, -0.2) is 33.0 Å². The van der Waals surface area contributed by atoms with Crippen LogP contribution in [-0.2, 0) is 0 Å². The molecule has 4 heterocycles. The van der Waals surface area contributed by atoms with Gasteiger partial charge < -0.3 is 10.3 Å². The number of hydrogen-bond donors (Lipinski definition) is 2. The minimum atomic E-state index is -0.464. The van der Waals surface area contributed by atoms with E-state index in [4.69, 9.17) is 4.98 Å². The van der Waals surface area contributed by atoms with Gasteiger partial charge in [-0.15, -0.1) is 0 Å². The highest BCUT2D eigenvalue weighted by Crippen LogP contribution is 2.29. The Balaban J connectivity index is 1.58. The van der Waals surface area contributed by atoms with Gasteiger partial charge in [0, 0.05) is 35.1 Å². The Kier molecular flexibility index (Phi) is 5.65. The standard InChI is InChI=1S/C24H25N5S/c1-16(27-15-24(2,3)14-25)20-5-4-6-21(28-20)19-11-18-12-22(29-23(18)26-13-19)17-7-9-30-10-8-17/h4-7,11-13,27H,1,8-10,15H2,2-3H3,(H,26,29). The quantitative estimate of drug-likeness (QED) is 0.574. The summed E-state index contributed by atoms with van der Waals surface area (Å²) in [5, 5.41) is 13.5. The lowest BCUT2D eigenvalue weighted by Crippen LogP contribution is -2.27. The largest absolute Gasteiger partial charge is 0.382 e. The van der Waals surface area contributed by atoms with Crippen LogP contribution in [0, 0.1) is 16.7 Å². The Morgan fingerprint density at radius 3 is 3.00 bits per heavy atom. The highest BCUT2D eigenvalue weighted by atomic mass is 32.2. The first-order valence-electron chi connectivity index (χ1n) is 10.0. The van der Waals surface area contributed by atoms with E-state index in [1.807, 2.05) is 50.0 Å². The van der Waals surface area contributed by atoms with Crippen LogP contribution in [0.25, 0.3) is 33.6 Å². The molecule has 2 N–H and O–H groups in total. The third-order valence-corrected chi connectivity index (χ3v) is 6.07. The van der Waals surface area contributed by atoms with Gasteiger partial charge in [0.15, 0.2) is 0 Å². The summed E-state index contributed by atoms with van der Waals surface area (Å²) in [7, 11) is 0. The maximum absolute atomic E-state index is 9.19. The summed E-state index contributed by atoms with van der Waals surface area (Å²) >= 11 is 1.97. The van der Waals surface area contributed by atoms with Crippen LogP contribution >= 0.6 is 11.8 Å². The second-order valence-corrected chi connectivity index (χ2v) is 9.28. The van der Waals surface area contributed by atoms with Gasteiger partial charge >= 0.3 is 0 Å². The maximum atomic E-state index is 9.19. The second kappa shape index (κ2) is 8.37. The molecule has 5 nitrogen and oxygen atoms in total. The number of aromatic nitrogens is 3. The van der Waals surface area contributed by atoms with E-state index >= 15 is 0 Å². The van der Waals surface area contributed by atoms with E-state index in [-0.39, 0.29) is 0 Å². The number of allylic oxidation sites excluding steroid dienone is 1. The molecule has 3 aromatic heterocycles. The first kappa shape index (κ1) is 20.2. The normalized spacial score (nSPS) is 14.2. The predicted molar refractivity (Wildman–Crippen MR) is 126 cm³/mol. The second-order valence-electron chi connectivity index (χ2n) is 8.13. The molecule has 6 heteroatoms. The van der Waals surface area contributed by atoms with Crippen LogP contribution in [0.4, 0.5) is 0 Å². The Labute approximate surface area is 181 Å². The molecule has 0 bridgehead atoms. The molecule has 0 radical (unpaired) electrons. The number of aromatic amines is 1. The summed E-state index contributed by atoms with van der Waals surface area (Å²) in [5.74, 6) is 2.24. The Morgan fingerprint density at radius 1 is 1.37 bits per heavy atom. The number of thioether (sulfide) groups is 1. The molecule has 3 aromatic rings. The molecule has 0 spiro atoms. The highest BCUT2D eigenvalue weighted by Gasteiger charge is 2.17. The molecule has 0 saturated heterocycles. The Bertz CT molecular complexity index is 1170. The van der Waals surface area contributed by atoms with Crippen molar-refractivity contribution in [3.8, 4) is 17.3 Å². The third-order valence-electron chi connectivity index (χ3n) is 5.18. The fraction of sp³-hybridized carbons (Fsp3) is 0.292. The summed E-state index contributed by atoms with van der Waals surface area (Å²) in [6.45, 7) is 8.40. The first-order chi connectivity index (χ1) is 14.4. The monoisotopic (exact) mass is 415 g/mol. The fourth-order valence-electron chi connectivity index (χ4n) is 3.32. The van der Waals surface area contributed by atoms with E-state index in [1.165, 1.54) is 11.3 Å².